The fourth-order valence-electron chi connectivity index (χ4n) is 5.15. The number of pyridine rings is 2. The summed E-state index contributed by atoms with van der Waals surface area (Å²) < 4.78 is 52.6. The van der Waals surface area contributed by atoms with Crippen LogP contribution in [-0.4, -0.2) is 64.4 Å². The Kier molecular flexibility index (Phi) is 5.07. The van der Waals surface area contributed by atoms with Crippen LogP contribution in [0.1, 0.15) is 48.6 Å². The highest BCUT2D eigenvalue weighted by Crippen LogP contribution is 2.35. The molecule has 1 aliphatic rings. The van der Waals surface area contributed by atoms with Crippen molar-refractivity contribution in [1.29, 1.82) is 0 Å². The summed E-state index contributed by atoms with van der Waals surface area (Å²) in [4.78, 5) is 24.1. The number of carbonyl (C=O) groups is 1. The molecule has 0 spiro atoms. The average molecular weight is 505 g/mol. The molecular weight excluding hydrogens is 464 g/mol. The molecule has 3 aromatic heterocycles. The van der Waals surface area contributed by atoms with Crippen LogP contribution in [0.3, 0.4) is 0 Å². The fraction of sp³-hybridized carbons (Fsp3) is 0.345. The van der Waals surface area contributed by atoms with Crippen molar-refractivity contribution in [2.75, 3.05) is 39.9 Å². The standard InChI is InChI=1S/C29H34N6O2/c1-33(2)29(36)21-7-5-19(6-8-21)20-12-15-35(16-13-20)18-22-17-25-23(11-14-31-27(25)34(22)3)24-9-10-26(30)32-28(24)37-4/h5-11,14,17,20H,12-13,15-16,18H2,1-4H3,(H2,30,32)/i1D3,2D3. The molecule has 0 aliphatic carbocycles. The largest absolute Gasteiger partial charge is 0.480 e. The molecule has 4 heterocycles. The number of methoxy groups -OCH3 is 1. The third kappa shape index (κ3) is 4.89. The molecule has 1 aromatic carbocycles. The molecule has 192 valence electrons. The van der Waals surface area contributed by atoms with Crippen LogP contribution in [-0.2, 0) is 13.6 Å². The van der Waals surface area contributed by atoms with Gasteiger partial charge < -0.3 is 19.9 Å². The number of rotatable bonds is 6. The molecule has 1 saturated heterocycles. The molecule has 0 saturated carbocycles. The van der Waals surface area contributed by atoms with Crippen LogP contribution < -0.4 is 10.5 Å². The first-order valence-corrected chi connectivity index (χ1v) is 12.2. The van der Waals surface area contributed by atoms with E-state index in [0.29, 0.717) is 11.7 Å². The highest BCUT2D eigenvalue weighted by molar-refractivity contribution is 5.95. The van der Waals surface area contributed by atoms with E-state index in [2.05, 4.69) is 25.5 Å². The molecule has 2 N–H and O–H groups in total. The van der Waals surface area contributed by atoms with Gasteiger partial charge in [0.25, 0.3) is 5.91 Å². The third-order valence-corrected chi connectivity index (χ3v) is 7.20. The zero-order valence-electron chi connectivity index (χ0n) is 26.9. The van der Waals surface area contributed by atoms with Gasteiger partial charge in [-0.2, -0.15) is 4.98 Å². The molecule has 0 atom stereocenters. The van der Waals surface area contributed by atoms with E-state index in [1.54, 1.807) is 31.5 Å². The summed E-state index contributed by atoms with van der Waals surface area (Å²) in [6.07, 6.45) is 3.60. The Bertz CT molecular complexity index is 1610. The number of hydrogen-bond acceptors (Lipinski definition) is 6. The second-order valence-corrected chi connectivity index (χ2v) is 9.40. The van der Waals surface area contributed by atoms with E-state index in [4.69, 9.17) is 18.7 Å². The van der Waals surface area contributed by atoms with Gasteiger partial charge in [-0.25, -0.2) is 4.98 Å². The van der Waals surface area contributed by atoms with E-state index in [1.807, 2.05) is 19.2 Å². The van der Waals surface area contributed by atoms with Crippen molar-refractivity contribution < 1.29 is 17.8 Å². The van der Waals surface area contributed by atoms with Crippen molar-refractivity contribution in [3.05, 3.63) is 71.5 Å². The number of carbonyl (C=O) groups excluding carboxylic acids is 1. The summed E-state index contributed by atoms with van der Waals surface area (Å²) in [5, 5.41) is 1.00. The predicted octanol–water partition coefficient (Wildman–Crippen LogP) is 4.31. The molecule has 8 nitrogen and oxygen atoms in total. The second kappa shape index (κ2) is 10.2. The number of piperidine rings is 1. The quantitative estimate of drug-likeness (QED) is 0.421. The zero-order valence-corrected chi connectivity index (χ0v) is 20.9. The number of likely N-dealkylation sites (tertiary alicyclic amines) is 1. The molecule has 5 rings (SSSR count). The zero-order chi connectivity index (χ0) is 31.1. The van der Waals surface area contributed by atoms with Crippen LogP contribution in [0.25, 0.3) is 22.2 Å². The van der Waals surface area contributed by atoms with E-state index in [1.165, 1.54) is 12.1 Å². The maximum Gasteiger partial charge on any atom is 0.253 e. The minimum absolute atomic E-state index is 0.0118. The molecule has 1 amide bonds. The first kappa shape index (κ1) is 18.4. The Morgan fingerprint density at radius 3 is 2.59 bits per heavy atom. The van der Waals surface area contributed by atoms with Gasteiger partial charge in [-0.3, -0.25) is 9.69 Å². The number of amides is 1. The number of aromatic nitrogens is 3. The Hall–Kier alpha value is -3.91. The number of benzene rings is 1. The van der Waals surface area contributed by atoms with Gasteiger partial charge in [0.05, 0.1) is 7.11 Å². The Labute approximate surface area is 226 Å². The van der Waals surface area contributed by atoms with Gasteiger partial charge in [0, 0.05) is 64.2 Å². The summed E-state index contributed by atoms with van der Waals surface area (Å²) >= 11 is 0. The van der Waals surface area contributed by atoms with E-state index in [9.17, 15) is 4.79 Å². The predicted molar refractivity (Wildman–Crippen MR) is 147 cm³/mol. The van der Waals surface area contributed by atoms with Crippen LogP contribution in [0.2, 0.25) is 0 Å². The SMILES string of the molecule is [2H]C([2H])([2H])N(C(=O)c1ccc(C2CCN(Cc3cc4c(-c5ccc(N)nc5OC)ccnc4n3C)CC2)cc1)C([2H])([2H])[2H]. The van der Waals surface area contributed by atoms with Gasteiger partial charge in [0.15, 0.2) is 0 Å². The Morgan fingerprint density at radius 2 is 1.89 bits per heavy atom. The molecule has 1 aliphatic heterocycles. The Balaban J connectivity index is 1.27. The highest BCUT2D eigenvalue weighted by atomic mass is 16.5. The lowest BCUT2D eigenvalue weighted by Crippen LogP contribution is -2.33. The first-order chi connectivity index (χ1) is 20.3. The molecule has 0 unspecified atom stereocenters. The molecular formula is C29H34N6O2. The van der Waals surface area contributed by atoms with Crippen molar-refractivity contribution >= 4 is 22.8 Å². The third-order valence-electron chi connectivity index (χ3n) is 7.20. The number of nitrogens with zero attached hydrogens (tertiary/aromatic N) is 5. The van der Waals surface area contributed by atoms with Crippen molar-refractivity contribution in [2.24, 2.45) is 7.05 Å². The number of nitrogen functional groups attached to an aromatic ring is 1. The van der Waals surface area contributed by atoms with E-state index >= 15 is 0 Å². The molecule has 0 bridgehead atoms. The van der Waals surface area contributed by atoms with Gasteiger partial charge in [-0.1, -0.05) is 12.1 Å². The molecule has 8 heteroatoms. The topological polar surface area (TPSA) is 89.5 Å². The van der Waals surface area contributed by atoms with Crippen molar-refractivity contribution in [3.8, 4) is 17.0 Å². The average Bonchev–Trinajstić information content (AvgIpc) is 3.27. The molecule has 1 fully saturated rings. The second-order valence-electron chi connectivity index (χ2n) is 9.40. The van der Waals surface area contributed by atoms with Gasteiger partial charge in [-0.05, 0) is 79.4 Å². The monoisotopic (exact) mass is 504 g/mol. The van der Waals surface area contributed by atoms with Crippen LogP contribution in [0.4, 0.5) is 5.82 Å². The van der Waals surface area contributed by atoms with E-state index in [0.717, 1.165) is 65.9 Å². The lowest BCUT2D eigenvalue weighted by Gasteiger charge is -2.32. The summed E-state index contributed by atoms with van der Waals surface area (Å²) in [6, 6.07) is 14.4. The first-order valence-electron chi connectivity index (χ1n) is 15.2. The van der Waals surface area contributed by atoms with Crippen molar-refractivity contribution in [1.82, 2.24) is 24.3 Å². The summed E-state index contributed by atoms with van der Waals surface area (Å²) in [6.45, 7) is -3.65. The highest BCUT2D eigenvalue weighted by Gasteiger charge is 2.23. The number of nitrogens with two attached hydrogens (primary N) is 1. The lowest BCUT2D eigenvalue weighted by atomic mass is 9.89. The van der Waals surface area contributed by atoms with Gasteiger partial charge >= 0.3 is 0 Å². The Morgan fingerprint density at radius 1 is 1.14 bits per heavy atom. The fourth-order valence-corrected chi connectivity index (χ4v) is 5.15. The number of hydrogen-bond donors (Lipinski definition) is 1. The van der Waals surface area contributed by atoms with E-state index in [-0.39, 0.29) is 16.4 Å². The van der Waals surface area contributed by atoms with Crippen LogP contribution in [0, 0.1) is 0 Å². The minimum atomic E-state index is -3.07. The summed E-state index contributed by atoms with van der Waals surface area (Å²) in [7, 11) is 3.59. The summed E-state index contributed by atoms with van der Waals surface area (Å²) in [5.41, 5.74) is 10.7. The number of anilines is 1. The number of aryl methyl sites for hydroxylation is 1. The summed E-state index contributed by atoms with van der Waals surface area (Å²) in [5.74, 6) is 0.0819. The normalized spacial score (nSPS) is 17.8. The molecule has 4 aromatic rings. The van der Waals surface area contributed by atoms with Crippen LogP contribution in [0.15, 0.2) is 54.7 Å². The van der Waals surface area contributed by atoms with Crippen LogP contribution >= 0.6 is 0 Å². The smallest absolute Gasteiger partial charge is 0.253 e. The van der Waals surface area contributed by atoms with Gasteiger partial charge in [0.2, 0.25) is 5.88 Å². The lowest BCUT2D eigenvalue weighted by molar-refractivity contribution is 0.0827. The van der Waals surface area contributed by atoms with E-state index < -0.39 is 19.9 Å². The number of ether oxygens (including phenoxy) is 1. The maximum atomic E-state index is 12.8. The van der Waals surface area contributed by atoms with Crippen molar-refractivity contribution in [2.45, 2.75) is 25.3 Å². The molecule has 0 radical (unpaired) electrons. The van der Waals surface area contributed by atoms with Crippen LogP contribution in [0.5, 0.6) is 5.88 Å². The van der Waals surface area contributed by atoms with Crippen molar-refractivity contribution in [3.63, 3.8) is 0 Å². The van der Waals surface area contributed by atoms with Gasteiger partial charge in [0.1, 0.15) is 11.5 Å². The number of fused-ring (bicyclic) bond motifs is 1. The minimum Gasteiger partial charge on any atom is -0.480 e. The van der Waals surface area contributed by atoms with Gasteiger partial charge in [-0.15, -0.1) is 0 Å². The molecule has 37 heavy (non-hydrogen) atoms. The maximum absolute atomic E-state index is 12.8.